The van der Waals surface area contributed by atoms with E-state index >= 15 is 0 Å². The highest BCUT2D eigenvalue weighted by atomic mass is 16.4. The van der Waals surface area contributed by atoms with Crippen molar-refractivity contribution in [2.24, 2.45) is 11.3 Å². The molecule has 0 saturated heterocycles. The van der Waals surface area contributed by atoms with E-state index in [1.165, 1.54) is 0 Å². The second-order valence-corrected chi connectivity index (χ2v) is 7.30. The predicted octanol–water partition coefficient (Wildman–Crippen LogP) is 2.83. The summed E-state index contributed by atoms with van der Waals surface area (Å²) in [5.74, 6) is -1.41. The summed E-state index contributed by atoms with van der Waals surface area (Å²) in [4.78, 5) is 34.5. The molecule has 6 heteroatoms. The maximum atomic E-state index is 11.9. The minimum atomic E-state index is -0.823. The minimum Gasteiger partial charge on any atom is -0.481 e. The van der Waals surface area contributed by atoms with Gasteiger partial charge in [-0.2, -0.15) is 0 Å². The lowest BCUT2D eigenvalue weighted by Crippen LogP contribution is -2.35. The predicted molar refractivity (Wildman–Crippen MR) is 97.3 cm³/mol. The van der Waals surface area contributed by atoms with Crippen LogP contribution in [0.1, 0.15) is 46.1 Å². The Morgan fingerprint density at radius 1 is 1.12 bits per heavy atom. The third-order valence-electron chi connectivity index (χ3n) is 3.75. The van der Waals surface area contributed by atoms with E-state index in [0.717, 1.165) is 5.56 Å². The van der Waals surface area contributed by atoms with Gasteiger partial charge in [-0.15, -0.1) is 0 Å². The van der Waals surface area contributed by atoms with Crippen molar-refractivity contribution in [3.8, 4) is 0 Å². The first-order valence-electron chi connectivity index (χ1n) is 8.49. The van der Waals surface area contributed by atoms with Gasteiger partial charge in [0.1, 0.15) is 0 Å². The molecule has 1 aromatic carbocycles. The van der Waals surface area contributed by atoms with E-state index in [0.29, 0.717) is 31.5 Å². The van der Waals surface area contributed by atoms with E-state index in [4.69, 9.17) is 5.11 Å². The number of carbonyl (C=O) groups excluding carboxylic acids is 2. The molecule has 25 heavy (non-hydrogen) atoms. The maximum absolute atomic E-state index is 11.9. The highest BCUT2D eigenvalue weighted by Gasteiger charge is 2.20. The molecule has 2 amide bonds. The van der Waals surface area contributed by atoms with Gasteiger partial charge >= 0.3 is 5.97 Å². The molecule has 1 unspecified atom stereocenters. The van der Waals surface area contributed by atoms with E-state index in [1.54, 1.807) is 19.1 Å². The summed E-state index contributed by atoms with van der Waals surface area (Å²) in [6.45, 7) is 7.66. The van der Waals surface area contributed by atoms with E-state index in [-0.39, 0.29) is 11.8 Å². The summed E-state index contributed by atoms with van der Waals surface area (Å²) in [6.07, 6.45) is 1.35. The molecule has 0 fully saturated rings. The first-order chi connectivity index (χ1) is 11.6. The third-order valence-corrected chi connectivity index (χ3v) is 3.75. The number of rotatable bonds is 8. The van der Waals surface area contributed by atoms with E-state index in [1.807, 2.05) is 32.9 Å². The van der Waals surface area contributed by atoms with Crippen molar-refractivity contribution >= 4 is 23.5 Å². The van der Waals surface area contributed by atoms with Gasteiger partial charge in [0.2, 0.25) is 11.8 Å². The molecule has 1 atom stereocenters. The molecule has 3 N–H and O–H groups in total. The first kappa shape index (κ1) is 20.7. The molecular formula is C19H28N2O4. The maximum Gasteiger partial charge on any atom is 0.306 e. The molecule has 0 bridgehead atoms. The Morgan fingerprint density at radius 3 is 2.24 bits per heavy atom. The minimum absolute atomic E-state index is 0.0286. The topological polar surface area (TPSA) is 95.5 Å². The fourth-order valence-electron chi connectivity index (χ4n) is 2.10. The molecular weight excluding hydrogens is 320 g/mol. The van der Waals surface area contributed by atoms with Gasteiger partial charge in [-0.05, 0) is 30.5 Å². The van der Waals surface area contributed by atoms with Crippen LogP contribution in [-0.2, 0) is 20.8 Å². The molecule has 0 radical (unpaired) electrons. The quantitative estimate of drug-likeness (QED) is 0.630. The summed E-state index contributed by atoms with van der Waals surface area (Å²) >= 11 is 0. The number of carboxylic acids is 1. The zero-order valence-electron chi connectivity index (χ0n) is 15.4. The molecule has 0 aromatic heterocycles. The molecule has 0 spiro atoms. The van der Waals surface area contributed by atoms with Gasteiger partial charge in [-0.1, -0.05) is 39.8 Å². The van der Waals surface area contributed by atoms with Crippen molar-refractivity contribution in [1.82, 2.24) is 5.32 Å². The summed E-state index contributed by atoms with van der Waals surface area (Å²) in [7, 11) is 0. The van der Waals surface area contributed by atoms with Crippen LogP contribution >= 0.6 is 0 Å². The smallest absolute Gasteiger partial charge is 0.306 e. The Morgan fingerprint density at radius 2 is 1.72 bits per heavy atom. The van der Waals surface area contributed by atoms with Gasteiger partial charge in [0.25, 0.3) is 0 Å². The molecule has 0 heterocycles. The second-order valence-electron chi connectivity index (χ2n) is 7.30. The van der Waals surface area contributed by atoms with Crippen molar-refractivity contribution in [3.05, 3.63) is 29.8 Å². The van der Waals surface area contributed by atoms with Gasteiger partial charge in [0.05, 0.1) is 5.92 Å². The van der Waals surface area contributed by atoms with Crippen LogP contribution < -0.4 is 10.6 Å². The lowest BCUT2D eigenvalue weighted by Gasteiger charge is -2.17. The van der Waals surface area contributed by atoms with Gasteiger partial charge in [0, 0.05) is 24.1 Å². The number of hydrogen-bond donors (Lipinski definition) is 3. The summed E-state index contributed by atoms with van der Waals surface area (Å²) in [5.41, 5.74) is 1.16. The number of benzene rings is 1. The Hall–Kier alpha value is -2.37. The van der Waals surface area contributed by atoms with Crippen molar-refractivity contribution in [2.75, 3.05) is 11.9 Å². The molecule has 0 saturated carbocycles. The molecule has 1 rings (SSSR count). The van der Waals surface area contributed by atoms with Crippen molar-refractivity contribution in [2.45, 2.75) is 47.0 Å². The summed E-state index contributed by atoms with van der Waals surface area (Å²) < 4.78 is 0. The van der Waals surface area contributed by atoms with Crippen LogP contribution in [0.25, 0.3) is 0 Å². The number of anilines is 1. The van der Waals surface area contributed by atoms with Crippen molar-refractivity contribution in [3.63, 3.8) is 0 Å². The monoisotopic (exact) mass is 348 g/mol. The van der Waals surface area contributed by atoms with E-state index in [2.05, 4.69) is 10.6 Å². The van der Waals surface area contributed by atoms with Crippen LogP contribution in [0.15, 0.2) is 24.3 Å². The lowest BCUT2D eigenvalue weighted by atomic mass is 9.96. The van der Waals surface area contributed by atoms with Gasteiger partial charge in [-0.25, -0.2) is 0 Å². The average molecular weight is 348 g/mol. The van der Waals surface area contributed by atoms with Gasteiger partial charge in [0.15, 0.2) is 0 Å². The van der Waals surface area contributed by atoms with Crippen molar-refractivity contribution < 1.29 is 19.5 Å². The van der Waals surface area contributed by atoms with Gasteiger partial charge in [-0.3, -0.25) is 14.4 Å². The van der Waals surface area contributed by atoms with E-state index in [9.17, 15) is 14.4 Å². The number of carboxylic acid groups (broad SMARTS) is 1. The fraction of sp³-hybridized carbons (Fsp3) is 0.526. The Kier molecular flexibility index (Phi) is 7.61. The highest BCUT2D eigenvalue weighted by Crippen LogP contribution is 2.14. The zero-order valence-corrected chi connectivity index (χ0v) is 15.4. The van der Waals surface area contributed by atoms with Crippen LogP contribution in [0.4, 0.5) is 5.69 Å². The number of carbonyl (C=O) groups is 3. The summed E-state index contributed by atoms with van der Waals surface area (Å²) in [5, 5.41) is 14.5. The van der Waals surface area contributed by atoms with E-state index < -0.39 is 17.3 Å². The molecule has 0 aliphatic rings. The van der Waals surface area contributed by atoms with Crippen LogP contribution in [-0.4, -0.2) is 29.4 Å². The van der Waals surface area contributed by atoms with Gasteiger partial charge < -0.3 is 15.7 Å². The van der Waals surface area contributed by atoms with Crippen LogP contribution in [0, 0.1) is 11.3 Å². The molecule has 0 aliphatic heterocycles. The zero-order chi connectivity index (χ0) is 19.0. The molecule has 0 aliphatic carbocycles. The largest absolute Gasteiger partial charge is 0.481 e. The number of nitrogens with one attached hydrogen (secondary N) is 2. The van der Waals surface area contributed by atoms with Crippen molar-refractivity contribution in [1.29, 1.82) is 0 Å². The van der Waals surface area contributed by atoms with Crippen LogP contribution in [0.2, 0.25) is 0 Å². The molecule has 6 nitrogen and oxygen atoms in total. The SMILES string of the molecule is CC(Cc1ccc(NC(=O)CCCNC(=O)C(C)(C)C)cc1)C(=O)O. The fourth-order valence-corrected chi connectivity index (χ4v) is 2.10. The average Bonchev–Trinajstić information content (AvgIpc) is 2.52. The van der Waals surface area contributed by atoms with Crippen LogP contribution in [0.3, 0.4) is 0 Å². The Labute approximate surface area is 149 Å². The summed E-state index contributed by atoms with van der Waals surface area (Å²) in [6, 6.07) is 7.17. The normalized spacial score (nSPS) is 12.3. The Balaban J connectivity index is 2.35. The third kappa shape index (κ3) is 7.83. The number of amides is 2. The lowest BCUT2D eigenvalue weighted by molar-refractivity contribution is -0.141. The highest BCUT2D eigenvalue weighted by molar-refractivity contribution is 5.90. The standard InChI is InChI=1S/C19H28N2O4/c1-13(17(23)24)12-14-7-9-15(10-8-14)21-16(22)6-5-11-20-18(25)19(2,3)4/h7-10,13H,5-6,11-12H2,1-4H3,(H,20,25)(H,21,22)(H,23,24). The molecule has 1 aromatic rings. The Bertz CT molecular complexity index is 603. The first-order valence-corrected chi connectivity index (χ1v) is 8.49. The number of aliphatic carboxylic acids is 1. The second kappa shape index (κ2) is 9.20. The molecule has 138 valence electrons. The van der Waals surface area contributed by atoms with Crippen LogP contribution in [0.5, 0.6) is 0 Å². The number of hydrogen-bond acceptors (Lipinski definition) is 3.